The number of unbranched alkanes of at least 4 members (excludes halogenated alkanes) is 1. The van der Waals surface area contributed by atoms with Gasteiger partial charge in [0.1, 0.15) is 24.3 Å². The molecular formula is C38H53F2N7O5. The third-order valence-electron chi connectivity index (χ3n) is 8.61. The lowest BCUT2D eigenvalue weighted by Crippen LogP contribution is -2.49. The van der Waals surface area contributed by atoms with Crippen LogP contribution >= 0.6 is 0 Å². The number of nitrogens with two attached hydrogens (primary N) is 2. The summed E-state index contributed by atoms with van der Waals surface area (Å²) in [6.45, 7) is 7.30. The first-order chi connectivity index (χ1) is 24.7. The number of nitrogens with one attached hydrogen (secondary N) is 3. The molecule has 0 spiro atoms. The number of aromatic nitrogens is 1. The molecule has 1 heterocycles. The van der Waals surface area contributed by atoms with Gasteiger partial charge < -0.3 is 42.0 Å². The highest BCUT2D eigenvalue weighted by atomic mass is 19.1. The Labute approximate surface area is 304 Å². The van der Waals surface area contributed by atoms with E-state index in [1.807, 2.05) is 55.7 Å². The second-order valence-electron chi connectivity index (χ2n) is 13.9. The minimum absolute atomic E-state index is 0.00593. The van der Waals surface area contributed by atoms with Crippen molar-refractivity contribution in [2.24, 2.45) is 16.9 Å². The molecule has 14 heteroatoms. The Morgan fingerprint density at radius 3 is 2.23 bits per heavy atom. The van der Waals surface area contributed by atoms with Crippen molar-refractivity contribution < 1.29 is 33.1 Å². The van der Waals surface area contributed by atoms with Crippen LogP contribution < -0.4 is 27.4 Å². The Balaban J connectivity index is 1.79. The lowest BCUT2D eigenvalue weighted by molar-refractivity contribution is -0.140. The van der Waals surface area contributed by atoms with Gasteiger partial charge >= 0.3 is 0 Å². The summed E-state index contributed by atoms with van der Waals surface area (Å²) in [6, 6.07) is 12.1. The van der Waals surface area contributed by atoms with Crippen molar-refractivity contribution in [1.82, 2.24) is 25.4 Å². The summed E-state index contributed by atoms with van der Waals surface area (Å²) in [7, 11) is 0. The second kappa shape index (κ2) is 19.8. The summed E-state index contributed by atoms with van der Waals surface area (Å²) in [5.74, 6) is -3.01. The summed E-state index contributed by atoms with van der Waals surface area (Å²) in [5, 5.41) is 18.1. The molecule has 1 aromatic heterocycles. The summed E-state index contributed by atoms with van der Waals surface area (Å²) in [5.41, 5.74) is 13.2. The Morgan fingerprint density at radius 1 is 0.942 bits per heavy atom. The minimum atomic E-state index is -1.04. The van der Waals surface area contributed by atoms with Gasteiger partial charge in [-0.3, -0.25) is 19.2 Å². The number of hydrogen-bond donors (Lipinski definition) is 6. The SMILES string of the molecule is CC(=O)NC(CCCCN)C(=O)NCCNC(=O)[C@@H](N)CCN(C(=O)CO)C(c1cc(-c2cc(F)ccc2F)cn1Cc1ccccc1)C(C)(C)C. The molecule has 0 radical (unpaired) electrons. The van der Waals surface area contributed by atoms with Crippen molar-refractivity contribution in [2.75, 3.05) is 32.8 Å². The Bertz CT molecular complexity index is 1640. The van der Waals surface area contributed by atoms with Crippen molar-refractivity contribution in [1.29, 1.82) is 0 Å². The van der Waals surface area contributed by atoms with Gasteiger partial charge in [0, 0.05) is 56.1 Å². The number of benzene rings is 2. The van der Waals surface area contributed by atoms with Gasteiger partial charge in [0.05, 0.1) is 12.1 Å². The highest BCUT2D eigenvalue weighted by molar-refractivity contribution is 5.87. The van der Waals surface area contributed by atoms with Crippen molar-refractivity contribution in [3.63, 3.8) is 0 Å². The first-order valence-corrected chi connectivity index (χ1v) is 17.5. The third kappa shape index (κ3) is 12.2. The molecule has 0 fully saturated rings. The summed E-state index contributed by atoms with van der Waals surface area (Å²) in [6.07, 6.45) is 3.56. The summed E-state index contributed by atoms with van der Waals surface area (Å²) < 4.78 is 31.2. The predicted molar refractivity (Wildman–Crippen MR) is 195 cm³/mol. The zero-order valence-electron chi connectivity index (χ0n) is 30.5. The van der Waals surface area contributed by atoms with Crippen LogP contribution in [0.1, 0.15) is 70.7 Å². The van der Waals surface area contributed by atoms with E-state index in [1.165, 1.54) is 11.8 Å². The Kier molecular flexibility index (Phi) is 15.9. The fourth-order valence-electron chi connectivity index (χ4n) is 6.14. The van der Waals surface area contributed by atoms with E-state index >= 15 is 4.39 Å². The number of rotatable bonds is 19. The molecule has 3 atom stereocenters. The monoisotopic (exact) mass is 725 g/mol. The smallest absolute Gasteiger partial charge is 0.248 e. The summed E-state index contributed by atoms with van der Waals surface area (Å²) >= 11 is 0. The van der Waals surface area contributed by atoms with Crippen LogP contribution in [0.15, 0.2) is 60.8 Å². The molecule has 4 amide bonds. The topological polar surface area (TPSA) is 185 Å². The molecule has 2 aromatic carbocycles. The lowest BCUT2D eigenvalue weighted by Gasteiger charge is -2.41. The van der Waals surface area contributed by atoms with E-state index in [0.717, 1.165) is 23.8 Å². The maximum atomic E-state index is 15.0. The summed E-state index contributed by atoms with van der Waals surface area (Å²) in [4.78, 5) is 52.1. The van der Waals surface area contributed by atoms with Crippen molar-refractivity contribution in [2.45, 2.75) is 78.0 Å². The zero-order chi connectivity index (χ0) is 38.4. The van der Waals surface area contributed by atoms with Gasteiger partial charge in [-0.15, -0.1) is 0 Å². The van der Waals surface area contributed by atoms with Crippen LogP contribution in [-0.2, 0) is 25.7 Å². The molecule has 8 N–H and O–H groups in total. The number of aliphatic hydroxyl groups excluding tert-OH is 1. The average molecular weight is 726 g/mol. The molecule has 0 saturated heterocycles. The van der Waals surface area contributed by atoms with Crippen molar-refractivity contribution in [3.05, 3.63) is 83.7 Å². The maximum absolute atomic E-state index is 15.0. The number of amides is 4. The largest absolute Gasteiger partial charge is 0.387 e. The van der Waals surface area contributed by atoms with E-state index in [0.29, 0.717) is 43.6 Å². The Hall–Kier alpha value is -4.66. The van der Waals surface area contributed by atoms with Gasteiger partial charge in [0.25, 0.3) is 0 Å². The van der Waals surface area contributed by atoms with E-state index < -0.39 is 53.6 Å². The molecule has 0 aliphatic carbocycles. The van der Waals surface area contributed by atoms with E-state index in [9.17, 15) is 28.7 Å². The van der Waals surface area contributed by atoms with Crippen LogP contribution in [0.5, 0.6) is 0 Å². The maximum Gasteiger partial charge on any atom is 0.248 e. The van der Waals surface area contributed by atoms with E-state index in [-0.39, 0.29) is 43.4 Å². The number of nitrogens with zero attached hydrogens (tertiary/aromatic N) is 2. The first kappa shape index (κ1) is 41.8. The van der Waals surface area contributed by atoms with Crippen LogP contribution in [0.4, 0.5) is 8.78 Å². The Morgan fingerprint density at radius 2 is 1.62 bits per heavy atom. The normalized spacial score (nSPS) is 13.2. The van der Waals surface area contributed by atoms with Gasteiger partial charge in [0.15, 0.2) is 0 Å². The second-order valence-corrected chi connectivity index (χ2v) is 13.9. The lowest BCUT2D eigenvalue weighted by atomic mass is 9.82. The van der Waals surface area contributed by atoms with Crippen LogP contribution in [0, 0.1) is 17.0 Å². The molecule has 3 rings (SSSR count). The number of hydrogen-bond acceptors (Lipinski definition) is 7. The molecule has 12 nitrogen and oxygen atoms in total. The van der Waals surface area contributed by atoms with Crippen LogP contribution in [0.25, 0.3) is 11.1 Å². The standard InChI is InChI=1S/C38H53F2N7O5/c1-25(49)45-32(12-8-9-16-41)37(52)44-18-17-43-36(51)31(42)15-19-47(34(50)24-48)35(38(2,3)4)33-20-27(29-21-28(39)13-14-30(29)40)23-46(33)22-26-10-6-5-7-11-26/h5-7,10-11,13-14,20-21,23,31-32,35,48H,8-9,12,15-19,22,24,41-42H2,1-4H3,(H,43,51)(H,44,52)(H,45,49)/t31-,32?,35?/m0/s1. The molecule has 0 bridgehead atoms. The molecular weight excluding hydrogens is 672 g/mol. The molecule has 0 saturated carbocycles. The van der Waals surface area contributed by atoms with Crippen molar-refractivity contribution in [3.8, 4) is 11.1 Å². The van der Waals surface area contributed by atoms with Crippen LogP contribution in [-0.4, -0.2) is 83.1 Å². The highest BCUT2D eigenvalue weighted by Crippen LogP contribution is 2.41. The minimum Gasteiger partial charge on any atom is -0.387 e. The van der Waals surface area contributed by atoms with E-state index in [1.54, 1.807) is 12.3 Å². The fourth-order valence-corrected chi connectivity index (χ4v) is 6.14. The van der Waals surface area contributed by atoms with Crippen LogP contribution in [0.2, 0.25) is 0 Å². The third-order valence-corrected chi connectivity index (χ3v) is 8.61. The van der Waals surface area contributed by atoms with Crippen molar-refractivity contribution >= 4 is 23.6 Å². The highest BCUT2D eigenvalue weighted by Gasteiger charge is 2.37. The van der Waals surface area contributed by atoms with Gasteiger partial charge in [-0.05, 0) is 67.5 Å². The van der Waals surface area contributed by atoms with E-state index in [4.69, 9.17) is 11.5 Å². The average Bonchev–Trinajstić information content (AvgIpc) is 3.50. The van der Waals surface area contributed by atoms with Crippen LogP contribution in [0.3, 0.4) is 0 Å². The zero-order valence-corrected chi connectivity index (χ0v) is 30.5. The van der Waals surface area contributed by atoms with Gasteiger partial charge in [0.2, 0.25) is 23.6 Å². The molecule has 52 heavy (non-hydrogen) atoms. The molecule has 284 valence electrons. The number of halogens is 2. The number of carbonyl (C=O) groups is 4. The quantitative estimate of drug-likeness (QED) is 0.103. The number of carbonyl (C=O) groups excluding carboxylic acids is 4. The van der Waals surface area contributed by atoms with Gasteiger partial charge in [-0.2, -0.15) is 0 Å². The predicted octanol–water partition coefficient (Wildman–Crippen LogP) is 2.97. The van der Waals surface area contributed by atoms with E-state index in [2.05, 4.69) is 16.0 Å². The molecule has 3 aromatic rings. The fraction of sp³-hybridized carbons (Fsp3) is 0.474. The van der Waals surface area contributed by atoms with Gasteiger partial charge in [-0.25, -0.2) is 8.78 Å². The molecule has 0 aliphatic heterocycles. The molecule has 0 aliphatic rings. The van der Waals surface area contributed by atoms with Gasteiger partial charge in [-0.1, -0.05) is 51.1 Å². The molecule has 2 unspecified atom stereocenters. The number of aliphatic hydroxyl groups is 1. The first-order valence-electron chi connectivity index (χ1n) is 17.5.